The molecule has 1 heterocycles. The third kappa shape index (κ3) is 4.33. The van der Waals surface area contributed by atoms with Gasteiger partial charge in [0.05, 0.1) is 13.2 Å². The zero-order valence-corrected chi connectivity index (χ0v) is 15.6. The lowest BCUT2D eigenvalue weighted by Gasteiger charge is -2.48. The van der Waals surface area contributed by atoms with Crippen LogP contribution >= 0.6 is 0 Å². The Morgan fingerprint density at radius 2 is 1.76 bits per heavy atom. The van der Waals surface area contributed by atoms with Crippen molar-refractivity contribution in [3.8, 4) is 0 Å². The topological polar surface area (TPSA) is 44.8 Å². The number of hydrogen-bond donors (Lipinski definition) is 1. The number of nitrogens with one attached hydrogen (secondary N) is 1. The molecule has 5 heteroatoms. The quantitative estimate of drug-likeness (QED) is 0.891. The highest BCUT2D eigenvalue weighted by Gasteiger charge is 2.38. The molecule has 1 aromatic carbocycles. The molecule has 0 spiro atoms. The Hall–Kier alpha value is -1.59. The van der Waals surface area contributed by atoms with Gasteiger partial charge in [-0.05, 0) is 37.1 Å². The van der Waals surface area contributed by atoms with Gasteiger partial charge in [-0.3, -0.25) is 9.69 Å². The normalized spacial score (nSPS) is 20.9. The van der Waals surface area contributed by atoms with Gasteiger partial charge in [-0.25, -0.2) is 0 Å². The van der Waals surface area contributed by atoms with E-state index in [1.165, 1.54) is 32.1 Å². The van der Waals surface area contributed by atoms with Gasteiger partial charge in [-0.15, -0.1) is 0 Å². The smallest absolute Gasteiger partial charge is 0.251 e. The molecule has 1 amide bonds. The van der Waals surface area contributed by atoms with E-state index in [9.17, 15) is 4.79 Å². The minimum absolute atomic E-state index is 0.0310. The van der Waals surface area contributed by atoms with Crippen molar-refractivity contribution >= 4 is 11.6 Å². The Bertz CT molecular complexity index is 559. The van der Waals surface area contributed by atoms with E-state index in [2.05, 4.69) is 10.2 Å². The predicted octanol–water partition coefficient (Wildman–Crippen LogP) is 2.52. The maximum atomic E-state index is 12.6. The van der Waals surface area contributed by atoms with Gasteiger partial charge < -0.3 is 15.0 Å². The van der Waals surface area contributed by atoms with Crippen LogP contribution in [0.15, 0.2) is 24.3 Å². The molecule has 1 saturated heterocycles. The van der Waals surface area contributed by atoms with Crippen molar-refractivity contribution in [1.29, 1.82) is 0 Å². The van der Waals surface area contributed by atoms with Gasteiger partial charge >= 0.3 is 0 Å². The molecule has 2 aliphatic rings. The van der Waals surface area contributed by atoms with E-state index >= 15 is 0 Å². The second-order valence-corrected chi connectivity index (χ2v) is 7.51. The lowest BCUT2D eigenvalue weighted by molar-refractivity contribution is -0.0361. The summed E-state index contributed by atoms with van der Waals surface area (Å²) >= 11 is 0. The summed E-state index contributed by atoms with van der Waals surface area (Å²) in [6.07, 6.45) is 6.17. The van der Waals surface area contributed by atoms with Crippen molar-refractivity contribution < 1.29 is 9.53 Å². The first-order valence-corrected chi connectivity index (χ1v) is 9.49. The largest absolute Gasteiger partial charge is 0.379 e. The highest BCUT2D eigenvalue weighted by Crippen LogP contribution is 2.34. The summed E-state index contributed by atoms with van der Waals surface area (Å²) in [5.74, 6) is 0.0310. The Morgan fingerprint density at radius 3 is 2.36 bits per heavy atom. The number of nitrogens with zero attached hydrogens (tertiary/aromatic N) is 2. The fraction of sp³-hybridized carbons (Fsp3) is 0.650. The third-order valence-electron chi connectivity index (χ3n) is 5.69. The van der Waals surface area contributed by atoms with E-state index in [1.54, 1.807) is 0 Å². The summed E-state index contributed by atoms with van der Waals surface area (Å²) < 4.78 is 5.53. The molecule has 138 valence electrons. The highest BCUT2D eigenvalue weighted by molar-refractivity contribution is 5.94. The molecule has 3 rings (SSSR count). The monoisotopic (exact) mass is 345 g/mol. The van der Waals surface area contributed by atoms with Crippen LogP contribution in [0.2, 0.25) is 0 Å². The minimum atomic E-state index is 0.0310. The zero-order chi connectivity index (χ0) is 17.7. The summed E-state index contributed by atoms with van der Waals surface area (Å²) in [4.78, 5) is 17.2. The fourth-order valence-corrected chi connectivity index (χ4v) is 4.11. The Balaban J connectivity index is 1.64. The lowest BCUT2D eigenvalue weighted by Crippen LogP contribution is -2.59. The Kier molecular flexibility index (Phi) is 5.97. The van der Waals surface area contributed by atoms with Crippen molar-refractivity contribution in [3.63, 3.8) is 0 Å². The molecule has 0 aromatic heterocycles. The molecule has 1 aromatic rings. The number of benzene rings is 1. The molecule has 0 bridgehead atoms. The lowest BCUT2D eigenvalue weighted by atomic mass is 9.79. The number of amides is 1. The molecule has 2 fully saturated rings. The Morgan fingerprint density at radius 1 is 1.12 bits per heavy atom. The minimum Gasteiger partial charge on any atom is -0.379 e. The van der Waals surface area contributed by atoms with E-state index in [1.807, 2.05) is 43.3 Å². The fourth-order valence-electron chi connectivity index (χ4n) is 4.11. The second kappa shape index (κ2) is 8.19. The van der Waals surface area contributed by atoms with Gasteiger partial charge in [0.25, 0.3) is 5.91 Å². The van der Waals surface area contributed by atoms with Crippen LogP contribution in [0.1, 0.15) is 42.5 Å². The first-order chi connectivity index (χ1) is 12.1. The van der Waals surface area contributed by atoms with Crippen molar-refractivity contribution in [3.05, 3.63) is 29.8 Å². The third-order valence-corrected chi connectivity index (χ3v) is 5.69. The molecule has 1 saturated carbocycles. The first kappa shape index (κ1) is 18.2. The van der Waals surface area contributed by atoms with Crippen LogP contribution in [-0.2, 0) is 4.74 Å². The van der Waals surface area contributed by atoms with E-state index in [0.717, 1.165) is 44.1 Å². The van der Waals surface area contributed by atoms with E-state index in [-0.39, 0.29) is 11.4 Å². The van der Waals surface area contributed by atoms with Crippen molar-refractivity contribution in [2.24, 2.45) is 0 Å². The van der Waals surface area contributed by atoms with E-state index in [4.69, 9.17) is 4.74 Å². The van der Waals surface area contributed by atoms with Crippen molar-refractivity contribution in [1.82, 2.24) is 10.2 Å². The molecule has 1 N–H and O–H groups in total. The number of anilines is 1. The maximum Gasteiger partial charge on any atom is 0.251 e. The molecular formula is C20H31N3O2. The second-order valence-electron chi connectivity index (χ2n) is 7.51. The van der Waals surface area contributed by atoms with Crippen LogP contribution in [0, 0.1) is 0 Å². The van der Waals surface area contributed by atoms with Crippen LogP contribution in [0.25, 0.3) is 0 Å². The summed E-state index contributed by atoms with van der Waals surface area (Å²) in [5.41, 5.74) is 1.95. The highest BCUT2D eigenvalue weighted by atomic mass is 16.5. The van der Waals surface area contributed by atoms with Gasteiger partial charge in [0.2, 0.25) is 0 Å². The molecule has 5 nitrogen and oxygen atoms in total. The van der Waals surface area contributed by atoms with Crippen LogP contribution in [0.3, 0.4) is 0 Å². The Labute approximate surface area is 151 Å². The van der Waals surface area contributed by atoms with Gasteiger partial charge in [0, 0.05) is 50.5 Å². The summed E-state index contributed by atoms with van der Waals surface area (Å²) in [7, 11) is 4.01. The van der Waals surface area contributed by atoms with Gasteiger partial charge in [-0.2, -0.15) is 0 Å². The van der Waals surface area contributed by atoms with Gasteiger partial charge in [0.1, 0.15) is 0 Å². The van der Waals surface area contributed by atoms with Crippen LogP contribution < -0.4 is 10.2 Å². The van der Waals surface area contributed by atoms with Crippen LogP contribution in [-0.4, -0.2) is 63.3 Å². The van der Waals surface area contributed by atoms with Gasteiger partial charge in [-0.1, -0.05) is 19.3 Å². The standard InChI is InChI=1S/C20H31N3O2/c1-22(2)18-8-6-17(7-9-18)19(24)21-16-20(10-4-3-5-11-20)23-12-14-25-15-13-23/h6-9H,3-5,10-16H2,1-2H3,(H,21,24). The molecule has 0 unspecified atom stereocenters. The number of carbonyl (C=O) groups excluding carboxylic acids is 1. The predicted molar refractivity (Wildman–Crippen MR) is 101 cm³/mol. The van der Waals surface area contributed by atoms with Crippen LogP contribution in [0.5, 0.6) is 0 Å². The average molecular weight is 345 g/mol. The number of rotatable bonds is 5. The molecule has 0 radical (unpaired) electrons. The SMILES string of the molecule is CN(C)c1ccc(C(=O)NCC2(N3CCOCC3)CCCCC2)cc1. The number of carbonyl (C=O) groups is 1. The molecule has 25 heavy (non-hydrogen) atoms. The van der Waals surface area contributed by atoms with E-state index in [0.29, 0.717) is 0 Å². The first-order valence-electron chi connectivity index (χ1n) is 9.49. The van der Waals surface area contributed by atoms with Crippen LogP contribution in [0.4, 0.5) is 5.69 Å². The molecule has 0 atom stereocenters. The average Bonchev–Trinajstić information content (AvgIpc) is 2.67. The molecular weight excluding hydrogens is 314 g/mol. The van der Waals surface area contributed by atoms with E-state index < -0.39 is 0 Å². The van der Waals surface area contributed by atoms with Crippen molar-refractivity contribution in [2.75, 3.05) is 51.8 Å². The maximum absolute atomic E-state index is 12.6. The summed E-state index contributed by atoms with van der Waals surface area (Å²) in [5, 5.41) is 3.22. The van der Waals surface area contributed by atoms with Gasteiger partial charge in [0.15, 0.2) is 0 Å². The van der Waals surface area contributed by atoms with Crippen molar-refractivity contribution in [2.45, 2.75) is 37.6 Å². The summed E-state index contributed by atoms with van der Waals surface area (Å²) in [6.45, 7) is 4.31. The molecule has 1 aliphatic carbocycles. The number of ether oxygens (including phenoxy) is 1. The number of morpholine rings is 1. The molecule has 1 aliphatic heterocycles. The zero-order valence-electron chi connectivity index (χ0n) is 15.6. The summed E-state index contributed by atoms with van der Waals surface area (Å²) in [6, 6.07) is 7.81. The number of hydrogen-bond acceptors (Lipinski definition) is 4.